The lowest BCUT2D eigenvalue weighted by Gasteiger charge is -2.25. The quantitative estimate of drug-likeness (QED) is 0.741. The number of aromatic nitrogens is 3. The monoisotopic (exact) mass is 301 g/mol. The molecule has 1 unspecified atom stereocenters. The molecular formula is C15H19N5O2. The van der Waals surface area contributed by atoms with Crippen molar-refractivity contribution in [3.05, 3.63) is 36.8 Å². The predicted octanol–water partition coefficient (Wildman–Crippen LogP) is 1.10. The van der Waals surface area contributed by atoms with Crippen LogP contribution in [0.1, 0.15) is 6.42 Å². The second-order valence-electron chi connectivity index (χ2n) is 4.91. The Morgan fingerprint density at radius 3 is 2.86 bits per heavy atom. The lowest BCUT2D eigenvalue weighted by molar-refractivity contribution is 0.0846. The van der Waals surface area contributed by atoms with Crippen LogP contribution in [0.15, 0.2) is 36.8 Å². The van der Waals surface area contributed by atoms with Crippen LogP contribution >= 0.6 is 0 Å². The van der Waals surface area contributed by atoms with E-state index in [4.69, 9.17) is 9.47 Å². The van der Waals surface area contributed by atoms with Gasteiger partial charge in [0.05, 0.1) is 0 Å². The molecule has 0 saturated carbocycles. The molecular weight excluding hydrogens is 282 g/mol. The van der Waals surface area contributed by atoms with Gasteiger partial charge in [-0.15, -0.1) is 0 Å². The van der Waals surface area contributed by atoms with Gasteiger partial charge >= 0.3 is 0 Å². The smallest absolute Gasteiger partial charge is 0.257 e. The fourth-order valence-corrected chi connectivity index (χ4v) is 2.12. The molecule has 0 spiro atoms. The van der Waals surface area contributed by atoms with Crippen LogP contribution < -0.4 is 20.1 Å². The fraction of sp³-hybridized carbons (Fsp3) is 0.400. The lowest BCUT2D eigenvalue weighted by atomic mass is 10.3. The highest BCUT2D eigenvalue weighted by molar-refractivity contribution is 5.34. The number of pyridine rings is 1. The summed E-state index contributed by atoms with van der Waals surface area (Å²) in [5.41, 5.74) is 0. The van der Waals surface area contributed by atoms with E-state index in [1.165, 1.54) is 0 Å². The molecule has 1 aliphatic rings. The molecule has 0 radical (unpaired) electrons. The molecule has 0 fully saturated rings. The molecule has 116 valence electrons. The summed E-state index contributed by atoms with van der Waals surface area (Å²) in [5, 5.41) is 6.53. The summed E-state index contributed by atoms with van der Waals surface area (Å²) < 4.78 is 11.4. The highest BCUT2D eigenvalue weighted by Gasteiger charge is 2.20. The summed E-state index contributed by atoms with van der Waals surface area (Å²) in [6.07, 6.45) is 6.11. The Bertz CT molecular complexity index is 581. The zero-order valence-electron chi connectivity index (χ0n) is 12.2. The van der Waals surface area contributed by atoms with Crippen molar-refractivity contribution < 1.29 is 9.47 Å². The first kappa shape index (κ1) is 14.5. The Morgan fingerprint density at radius 2 is 1.95 bits per heavy atom. The van der Waals surface area contributed by atoms with Crippen LogP contribution in [0, 0.1) is 0 Å². The number of hydrogen-bond donors (Lipinski definition) is 2. The number of rotatable bonds is 7. The normalized spacial score (nSPS) is 16.3. The summed E-state index contributed by atoms with van der Waals surface area (Å²) in [5.74, 6) is 1.95. The van der Waals surface area contributed by atoms with Crippen molar-refractivity contribution in [3.8, 4) is 11.6 Å². The second-order valence-corrected chi connectivity index (χ2v) is 4.91. The topological polar surface area (TPSA) is 81.2 Å². The van der Waals surface area contributed by atoms with Crippen LogP contribution in [0.3, 0.4) is 0 Å². The number of nitrogens with one attached hydrogen (secondary N) is 2. The maximum absolute atomic E-state index is 5.77. The van der Waals surface area contributed by atoms with Gasteiger partial charge in [0.25, 0.3) is 5.88 Å². The molecule has 0 aromatic carbocycles. The van der Waals surface area contributed by atoms with Gasteiger partial charge in [-0.25, -0.2) is 15.0 Å². The van der Waals surface area contributed by atoms with E-state index in [9.17, 15) is 0 Å². The zero-order valence-corrected chi connectivity index (χ0v) is 12.2. The summed E-state index contributed by atoms with van der Waals surface area (Å²) >= 11 is 0. The molecule has 7 nitrogen and oxygen atoms in total. The van der Waals surface area contributed by atoms with Gasteiger partial charge in [-0.2, -0.15) is 0 Å². The van der Waals surface area contributed by atoms with Gasteiger partial charge in [0.15, 0.2) is 5.75 Å². The largest absolute Gasteiger partial charge is 0.484 e. The molecule has 1 aliphatic heterocycles. The Hall–Kier alpha value is -2.41. The summed E-state index contributed by atoms with van der Waals surface area (Å²) in [7, 11) is 0. The van der Waals surface area contributed by atoms with E-state index in [-0.39, 0.29) is 6.10 Å². The van der Waals surface area contributed by atoms with Gasteiger partial charge in [0.1, 0.15) is 12.7 Å². The molecule has 0 aliphatic carbocycles. The van der Waals surface area contributed by atoms with Gasteiger partial charge in [-0.1, -0.05) is 0 Å². The first-order valence-corrected chi connectivity index (χ1v) is 7.38. The van der Waals surface area contributed by atoms with Crippen molar-refractivity contribution in [1.82, 2.24) is 20.3 Å². The van der Waals surface area contributed by atoms with E-state index in [0.717, 1.165) is 26.1 Å². The number of nitrogens with zero attached hydrogens (tertiary/aromatic N) is 3. The van der Waals surface area contributed by atoms with Crippen molar-refractivity contribution in [1.29, 1.82) is 0 Å². The second kappa shape index (κ2) is 7.56. The third kappa shape index (κ3) is 4.05. The first-order chi connectivity index (χ1) is 10.9. The Labute approximate surface area is 129 Å². The van der Waals surface area contributed by atoms with E-state index in [2.05, 4.69) is 25.6 Å². The van der Waals surface area contributed by atoms with Crippen molar-refractivity contribution in [3.63, 3.8) is 0 Å². The molecule has 2 N–H and O–H groups in total. The van der Waals surface area contributed by atoms with Crippen molar-refractivity contribution in [2.45, 2.75) is 12.5 Å². The average Bonchev–Trinajstić information content (AvgIpc) is 2.59. The van der Waals surface area contributed by atoms with E-state index in [1.807, 2.05) is 12.1 Å². The number of ether oxygens (including phenoxy) is 2. The highest BCUT2D eigenvalue weighted by atomic mass is 16.6. The SMILES string of the molecule is c1cnc(NCCCNCC2COc3cccnc3O2)nc1. The van der Waals surface area contributed by atoms with Crippen LogP contribution in [0.5, 0.6) is 11.6 Å². The molecule has 0 saturated heterocycles. The summed E-state index contributed by atoms with van der Waals surface area (Å²) in [6.45, 7) is 2.98. The molecule has 7 heteroatoms. The lowest BCUT2D eigenvalue weighted by Crippen LogP contribution is -2.39. The summed E-state index contributed by atoms with van der Waals surface area (Å²) in [6, 6.07) is 5.50. The number of hydrogen-bond acceptors (Lipinski definition) is 7. The van der Waals surface area contributed by atoms with Gasteiger partial charge < -0.3 is 20.1 Å². The van der Waals surface area contributed by atoms with Crippen LogP contribution in [0.25, 0.3) is 0 Å². The molecule has 2 aromatic rings. The van der Waals surface area contributed by atoms with Crippen LogP contribution in [-0.2, 0) is 0 Å². The molecule has 0 bridgehead atoms. The number of fused-ring (bicyclic) bond motifs is 1. The number of anilines is 1. The Kier molecular flexibility index (Phi) is 4.99. The van der Waals surface area contributed by atoms with Crippen molar-refractivity contribution in [2.24, 2.45) is 0 Å². The van der Waals surface area contributed by atoms with E-state index >= 15 is 0 Å². The molecule has 22 heavy (non-hydrogen) atoms. The van der Waals surface area contributed by atoms with Crippen molar-refractivity contribution >= 4 is 5.95 Å². The van der Waals surface area contributed by atoms with E-state index in [1.54, 1.807) is 24.7 Å². The third-order valence-electron chi connectivity index (χ3n) is 3.19. The Balaban J connectivity index is 1.30. The molecule has 0 amide bonds. The Morgan fingerprint density at radius 1 is 1.09 bits per heavy atom. The standard InChI is InChI=1S/C15H19N5O2/c1-4-13-14(17-6-1)22-12(11-21-13)10-16-5-2-7-18-15-19-8-3-9-20-15/h1,3-4,6,8-9,12,16H,2,5,7,10-11H2,(H,18,19,20). The molecule has 3 heterocycles. The van der Waals surface area contributed by atoms with Gasteiger partial charge in [0, 0.05) is 31.7 Å². The van der Waals surface area contributed by atoms with Crippen LogP contribution in [0.4, 0.5) is 5.95 Å². The van der Waals surface area contributed by atoms with Gasteiger partial charge in [0.2, 0.25) is 5.95 Å². The summed E-state index contributed by atoms with van der Waals surface area (Å²) in [4.78, 5) is 12.4. The first-order valence-electron chi connectivity index (χ1n) is 7.38. The average molecular weight is 301 g/mol. The predicted molar refractivity (Wildman–Crippen MR) is 82.2 cm³/mol. The maximum atomic E-state index is 5.77. The third-order valence-corrected chi connectivity index (χ3v) is 3.19. The molecule has 3 rings (SSSR count). The van der Waals surface area contributed by atoms with E-state index < -0.39 is 0 Å². The van der Waals surface area contributed by atoms with Gasteiger partial charge in [-0.05, 0) is 31.2 Å². The van der Waals surface area contributed by atoms with Gasteiger partial charge in [-0.3, -0.25) is 0 Å². The van der Waals surface area contributed by atoms with E-state index in [0.29, 0.717) is 24.2 Å². The zero-order chi connectivity index (χ0) is 15.0. The van der Waals surface area contributed by atoms with Crippen molar-refractivity contribution in [2.75, 3.05) is 31.6 Å². The minimum absolute atomic E-state index is 0.00665. The molecule has 2 aromatic heterocycles. The van der Waals surface area contributed by atoms with Crippen LogP contribution in [-0.4, -0.2) is 47.3 Å². The highest BCUT2D eigenvalue weighted by Crippen LogP contribution is 2.27. The maximum Gasteiger partial charge on any atom is 0.257 e. The minimum Gasteiger partial charge on any atom is -0.484 e. The molecule has 1 atom stereocenters. The fourth-order valence-electron chi connectivity index (χ4n) is 2.12. The minimum atomic E-state index is -0.00665. The van der Waals surface area contributed by atoms with Crippen LogP contribution in [0.2, 0.25) is 0 Å².